The summed E-state index contributed by atoms with van der Waals surface area (Å²) in [6.45, 7) is 0. The van der Waals surface area contributed by atoms with E-state index in [1.165, 1.54) is 5.92 Å². The Balaban J connectivity index is 0.000000253. The van der Waals surface area contributed by atoms with Crippen LogP contribution in [0, 0.1) is 139 Å². The average Bonchev–Trinajstić information content (AvgIpc) is 3.33. The predicted octanol–water partition coefficient (Wildman–Crippen LogP) is 4.04. The quantitative estimate of drug-likeness (QED) is 0.609. The fourth-order valence-corrected chi connectivity index (χ4v) is 2.88. The molecule has 2 unspecified atom stereocenters. The van der Waals surface area contributed by atoms with Crippen LogP contribution in [0.4, 0.5) is 0 Å². The van der Waals surface area contributed by atoms with Crippen LogP contribution in [0.25, 0.3) is 0 Å². The van der Waals surface area contributed by atoms with E-state index in [4.69, 9.17) is 0 Å². The van der Waals surface area contributed by atoms with Crippen LogP contribution < -0.4 is 0 Å². The van der Waals surface area contributed by atoms with Gasteiger partial charge >= 0.3 is 34.1 Å². The Morgan fingerprint density at radius 2 is 0.963 bits per heavy atom. The van der Waals surface area contributed by atoms with Gasteiger partial charge in [-0.25, -0.2) is 0 Å². The Morgan fingerprint density at radius 3 is 1.37 bits per heavy atom. The van der Waals surface area contributed by atoms with Crippen LogP contribution in [0.1, 0.15) is 6.42 Å². The summed E-state index contributed by atoms with van der Waals surface area (Å²) in [5.74, 6) is 3.21. The van der Waals surface area contributed by atoms with Gasteiger partial charge in [0.1, 0.15) is 5.78 Å². The summed E-state index contributed by atoms with van der Waals surface area (Å²) in [6.07, 6.45) is 37.0. The number of hydrogen-bond acceptors (Lipinski definition) is 1. The third kappa shape index (κ3) is 8.94. The van der Waals surface area contributed by atoms with Gasteiger partial charge in [0.25, 0.3) is 0 Å². The summed E-state index contributed by atoms with van der Waals surface area (Å²) in [4.78, 5) is 12.0. The van der Waals surface area contributed by atoms with E-state index in [-0.39, 0.29) is 40.1 Å². The second-order valence-electron chi connectivity index (χ2n) is 6.13. The van der Waals surface area contributed by atoms with E-state index in [2.05, 4.69) is 12.8 Å². The first-order valence-electron chi connectivity index (χ1n) is 8.67. The largest absolute Gasteiger partial charge is 2.00 e. The van der Waals surface area contributed by atoms with E-state index in [1.807, 2.05) is 103 Å². The molecule has 5 fully saturated rings. The molecule has 0 saturated heterocycles. The fourth-order valence-electron chi connectivity index (χ4n) is 2.88. The Hall–Kier alpha value is 0.709. The minimum Gasteiger partial charge on any atom is -0.299 e. The van der Waals surface area contributed by atoms with Gasteiger partial charge in [-0.15, -0.1) is 0 Å². The zero-order valence-corrected chi connectivity index (χ0v) is 17.1. The standard InChI is InChI=1S/C14H12O.2C5H5.2Fe/c15-14(11-7-3-4-8-11)13-9-12(13)10-5-1-2-6-10;2*1-2-4-5-3-1;;/h1-8,12-13H,9H2;2*1-5H;;/q;;;2*+2. The fraction of sp³-hybridized carbons (Fsp3) is 0.125. The van der Waals surface area contributed by atoms with Gasteiger partial charge in [0.15, 0.2) is 0 Å². The normalized spacial score (nSPS) is 29.6. The van der Waals surface area contributed by atoms with Gasteiger partial charge in [0, 0.05) is 11.8 Å². The number of Topliss-reactive ketones (excluding diaryl/α,β-unsaturated/α-hetero) is 1. The molecule has 0 bridgehead atoms. The summed E-state index contributed by atoms with van der Waals surface area (Å²) < 4.78 is 0. The van der Waals surface area contributed by atoms with Gasteiger partial charge in [-0.1, -0.05) is 0 Å². The second-order valence-corrected chi connectivity index (χ2v) is 6.13. The van der Waals surface area contributed by atoms with Gasteiger partial charge in [0.05, 0.1) is 0 Å². The molecule has 0 amide bonds. The van der Waals surface area contributed by atoms with Crippen molar-refractivity contribution in [1.82, 2.24) is 0 Å². The van der Waals surface area contributed by atoms with E-state index >= 15 is 0 Å². The van der Waals surface area contributed by atoms with Crippen molar-refractivity contribution in [3.05, 3.63) is 127 Å². The molecule has 3 heteroatoms. The van der Waals surface area contributed by atoms with Crippen LogP contribution >= 0.6 is 0 Å². The predicted molar refractivity (Wildman–Crippen MR) is 100 cm³/mol. The molecule has 0 aromatic rings. The molecule has 5 rings (SSSR count). The molecule has 20 radical (unpaired) electrons. The minimum absolute atomic E-state index is 0. The summed E-state index contributed by atoms with van der Waals surface area (Å²) >= 11 is 0. The topological polar surface area (TPSA) is 17.1 Å². The van der Waals surface area contributed by atoms with Gasteiger partial charge in [-0.2, -0.15) is 0 Å². The molecule has 0 aliphatic heterocycles. The van der Waals surface area contributed by atoms with Gasteiger partial charge < -0.3 is 0 Å². The first kappa shape index (κ1) is 25.7. The molecule has 0 aromatic carbocycles. The van der Waals surface area contributed by atoms with Crippen molar-refractivity contribution in [3.63, 3.8) is 0 Å². The van der Waals surface area contributed by atoms with E-state index < -0.39 is 0 Å². The first-order chi connectivity index (χ1) is 12.4. The summed E-state index contributed by atoms with van der Waals surface area (Å²) in [5.41, 5.74) is 0. The maximum Gasteiger partial charge on any atom is 2.00 e. The third-order valence-corrected chi connectivity index (χ3v) is 4.30. The van der Waals surface area contributed by atoms with Crippen molar-refractivity contribution in [2.75, 3.05) is 0 Å². The molecule has 0 heterocycles. The van der Waals surface area contributed by atoms with E-state index in [0.29, 0.717) is 11.7 Å². The molecule has 0 aromatic heterocycles. The Bertz CT molecular complexity index is 353. The Morgan fingerprint density at radius 1 is 0.593 bits per heavy atom. The molecule has 2 atom stereocenters. The molecule has 0 N–H and O–H groups in total. The van der Waals surface area contributed by atoms with Crippen LogP contribution in [-0.4, -0.2) is 5.78 Å². The van der Waals surface area contributed by atoms with Gasteiger partial charge in [-0.05, 0) is 134 Å². The van der Waals surface area contributed by atoms with Crippen LogP contribution in [0.2, 0.25) is 0 Å². The van der Waals surface area contributed by atoms with Gasteiger partial charge in [-0.3, -0.25) is 4.79 Å². The number of rotatable bonds is 3. The molecule has 5 aliphatic carbocycles. The molecule has 1 nitrogen and oxygen atoms in total. The second kappa shape index (κ2) is 14.7. The van der Waals surface area contributed by atoms with Crippen LogP contribution in [-0.2, 0) is 38.9 Å². The molecule has 136 valence electrons. The molecule has 27 heavy (non-hydrogen) atoms. The number of carbonyl (C=O) groups excluding carboxylic acids is 1. The Kier molecular flexibility index (Phi) is 14.0. The average molecular weight is 438 g/mol. The Labute approximate surface area is 189 Å². The minimum atomic E-state index is 0. The third-order valence-electron chi connectivity index (χ3n) is 4.30. The molecule has 5 saturated carbocycles. The van der Waals surface area contributed by atoms with Crippen molar-refractivity contribution in [3.8, 4) is 0 Å². The molecular weight excluding hydrogens is 416 g/mol. The molecular formula is C24H22Fe2O+4. The maximum atomic E-state index is 12.0. The van der Waals surface area contributed by atoms with Gasteiger partial charge in [0.2, 0.25) is 0 Å². The first-order valence-corrected chi connectivity index (χ1v) is 8.67. The van der Waals surface area contributed by atoms with Crippen molar-refractivity contribution in [1.29, 1.82) is 0 Å². The van der Waals surface area contributed by atoms with Crippen molar-refractivity contribution >= 4 is 5.78 Å². The zero-order chi connectivity index (χ0) is 17.3. The SMILES string of the molecule is O=C([C]1[CH][CH][CH][CH]1)C1CC1[C]1[CH][CH][CH][CH]1.[CH]1[CH][CH][CH][CH]1.[CH]1[CH][CH][CH][CH]1.[Fe+2].[Fe+2]. The number of carbonyl (C=O) groups is 1. The van der Waals surface area contributed by atoms with Crippen molar-refractivity contribution < 1.29 is 38.9 Å². The summed E-state index contributed by atoms with van der Waals surface area (Å²) in [5, 5.41) is 0. The van der Waals surface area contributed by atoms with E-state index in [1.54, 1.807) is 0 Å². The number of hydrogen-bond donors (Lipinski definition) is 0. The molecule has 0 spiro atoms. The van der Waals surface area contributed by atoms with Crippen molar-refractivity contribution in [2.45, 2.75) is 6.42 Å². The summed E-state index contributed by atoms with van der Waals surface area (Å²) in [7, 11) is 0. The smallest absolute Gasteiger partial charge is 0.299 e. The zero-order valence-electron chi connectivity index (χ0n) is 14.9. The van der Waals surface area contributed by atoms with Crippen LogP contribution in [0.15, 0.2) is 0 Å². The van der Waals surface area contributed by atoms with Crippen molar-refractivity contribution in [2.24, 2.45) is 11.8 Å². The van der Waals surface area contributed by atoms with Crippen LogP contribution in [0.3, 0.4) is 0 Å². The summed E-state index contributed by atoms with van der Waals surface area (Å²) in [6, 6.07) is 0. The number of ketones is 1. The monoisotopic (exact) mass is 438 g/mol. The van der Waals surface area contributed by atoms with E-state index in [9.17, 15) is 4.79 Å². The maximum absolute atomic E-state index is 12.0. The van der Waals surface area contributed by atoms with Crippen LogP contribution in [0.5, 0.6) is 0 Å². The van der Waals surface area contributed by atoms with E-state index in [0.717, 1.165) is 12.3 Å². The molecule has 5 aliphatic rings.